The molecule has 0 saturated heterocycles. The van der Waals surface area contributed by atoms with Crippen molar-refractivity contribution in [2.75, 3.05) is 19.8 Å². The first-order chi connectivity index (χ1) is 46.3. The van der Waals surface area contributed by atoms with Gasteiger partial charge >= 0.3 is 25.7 Å². The van der Waals surface area contributed by atoms with Crippen LogP contribution in [-0.4, -0.2) is 220 Å². The van der Waals surface area contributed by atoms with Gasteiger partial charge in [-0.05, 0) is 244 Å². The predicted molar refractivity (Wildman–Crippen MR) is 450 cm³/mol. The number of hydrogen-bond acceptors (Lipinski definition) is 24. The maximum atomic E-state index is 7.60. The van der Waals surface area contributed by atoms with Gasteiger partial charge in [0.2, 0.25) is 0 Å². The topological polar surface area (TPSA) is 222 Å². The van der Waals surface area contributed by atoms with Gasteiger partial charge in [-0.1, -0.05) is 54.6 Å². The molecule has 3 aromatic rings. The highest BCUT2D eigenvalue weighted by molar-refractivity contribution is 6.90. The van der Waals surface area contributed by atoms with Crippen LogP contribution in [0, 0.1) is 0 Å². The number of para-hydroxylation sites is 3. The first-order valence-electron chi connectivity index (χ1n) is 35.2. The molecule has 0 fully saturated rings. The minimum atomic E-state index is -3.11. The van der Waals surface area contributed by atoms with Crippen molar-refractivity contribution in [3.05, 3.63) is 91.0 Å². The molecule has 46 heteroatoms. The van der Waals surface area contributed by atoms with Crippen molar-refractivity contribution in [1.29, 1.82) is 0 Å². The summed E-state index contributed by atoms with van der Waals surface area (Å²) in [5.41, 5.74) is 0. The zero-order chi connectivity index (χ0) is 74.0. The largest absolute Gasteiger partial charge is 0.494 e. The molecule has 24 nitrogen and oxygen atoms in total. The summed E-state index contributed by atoms with van der Waals surface area (Å²) in [6.45, 7) is 55.9. The van der Waals surface area contributed by atoms with Gasteiger partial charge in [-0.2, -0.15) is 0 Å². The van der Waals surface area contributed by atoms with Crippen LogP contribution >= 0.6 is 0 Å². The molecule has 0 bridgehead atoms. The van der Waals surface area contributed by atoms with E-state index < -0.39 is 200 Å². The molecule has 0 spiro atoms. The van der Waals surface area contributed by atoms with Gasteiger partial charge in [0, 0.05) is 0 Å². The smallest absolute Gasteiger partial charge is 0.317 e. The fourth-order valence-corrected chi connectivity index (χ4v) is 85.3. The lowest BCUT2D eigenvalue weighted by Crippen LogP contribution is -2.60. The third kappa shape index (κ3) is 46.8. The van der Waals surface area contributed by atoms with E-state index in [4.69, 9.17) is 101 Å². The van der Waals surface area contributed by atoms with Gasteiger partial charge in [0.15, 0.2) is 16.6 Å². The summed E-state index contributed by atoms with van der Waals surface area (Å²) in [7, 11) is -47.5. The normalized spacial score (nSPS) is 19.6. The van der Waals surface area contributed by atoms with Crippen LogP contribution in [0.5, 0.6) is 17.2 Å². The Morgan fingerprint density at radius 3 is 0.636 bits per heavy atom. The van der Waals surface area contributed by atoms with E-state index in [1.54, 1.807) is 0 Å². The second kappa shape index (κ2) is 49.2. The summed E-state index contributed by atoms with van der Waals surface area (Å²) in [6, 6.07) is 31.9. The van der Waals surface area contributed by atoms with E-state index in [0.717, 1.165) is 42.6 Å². The van der Waals surface area contributed by atoms with E-state index in [9.17, 15) is 0 Å². The molecule has 0 aliphatic carbocycles. The molecule has 0 saturated carbocycles. The van der Waals surface area contributed by atoms with Gasteiger partial charge in [-0.3, -0.25) is 0 Å². The molecule has 0 aromatic heterocycles. The standard InChI is InChI=1S/C53H128O24Si22/c1-78(57-79(2)59-81(4)61-83(6)63-85(8)65-87(10)67-89(12)69-91(14)71-93(16)73-95(18,19)20)58-80(3)60-82(5)62-84(7)64-86(9)66-88(11)68-90(13)70-92(15)72-94(17)74-97(24,48-36-45-54-51-39-30-27-31-40-51)76-99(26,50-38-47-56-53-43-34-29-35-44-53)77-98(25,75-96(21,22)23)49-37-46-55-52-41-32-28-33-42-52/h27-35,39-44,78-94H,36-38,45-50H2,1-26H3. The Bertz CT molecular complexity index is 2560. The van der Waals surface area contributed by atoms with Crippen LogP contribution < -0.4 is 14.2 Å². The van der Waals surface area contributed by atoms with Crippen molar-refractivity contribution in [2.45, 2.75) is 208 Å². The molecular formula is C53H128O24Si22. The van der Waals surface area contributed by atoms with Crippen molar-refractivity contribution in [3.8, 4) is 17.2 Å². The first kappa shape index (κ1) is 94.2. The Kier molecular flexibility index (Phi) is 46.8. The Morgan fingerprint density at radius 2 is 0.414 bits per heavy atom. The lowest BCUT2D eigenvalue weighted by molar-refractivity contribution is 0.255. The first-order valence-corrected chi connectivity index (χ1v) is 85.3. The van der Waals surface area contributed by atoms with E-state index in [1.165, 1.54) is 0 Å². The van der Waals surface area contributed by atoms with Gasteiger partial charge in [0.25, 0.3) is 158 Å². The molecule has 0 aliphatic heterocycles. The Morgan fingerprint density at radius 1 is 0.222 bits per heavy atom. The van der Waals surface area contributed by atoms with E-state index in [1.807, 2.05) is 189 Å². The van der Waals surface area contributed by atoms with Crippen molar-refractivity contribution in [2.24, 2.45) is 0 Å². The van der Waals surface area contributed by atoms with E-state index >= 15 is 0 Å². The van der Waals surface area contributed by atoms with Crippen molar-refractivity contribution in [3.63, 3.8) is 0 Å². The van der Waals surface area contributed by atoms with Crippen LogP contribution in [0.25, 0.3) is 0 Å². The molecule has 0 N–H and O–H groups in total. The molecule has 0 aliphatic rings. The second-order valence-electron chi connectivity index (χ2n) is 26.8. The molecule has 3 rings (SSSR count). The highest BCUT2D eigenvalue weighted by atomic mass is 28.5. The molecular weight excluding hydrogens is 1640 g/mol. The Balaban J connectivity index is 1.50. The molecule has 99 heavy (non-hydrogen) atoms. The molecule has 3 aromatic carbocycles. The summed E-state index contributed by atoms with van der Waals surface area (Å²) in [5, 5.41) is 0. The third-order valence-electron chi connectivity index (χ3n) is 13.8. The van der Waals surface area contributed by atoms with Crippen LogP contribution in [0.1, 0.15) is 19.3 Å². The Labute approximate surface area is 631 Å². The Hall–Kier alpha value is 0.991. The number of hydrogen-bond donors (Lipinski definition) is 0. The maximum absolute atomic E-state index is 7.60. The van der Waals surface area contributed by atoms with Gasteiger partial charge in [-0.15, -0.1) is 0 Å². The fraction of sp³-hybridized carbons (Fsp3) is 0.660. The molecule has 0 heterocycles. The van der Waals surface area contributed by atoms with Crippen molar-refractivity contribution >= 4 is 200 Å². The number of ether oxygens (including phenoxy) is 3. The minimum Gasteiger partial charge on any atom is -0.494 e. The van der Waals surface area contributed by atoms with Crippen molar-refractivity contribution in [1.82, 2.24) is 0 Å². The zero-order valence-electron chi connectivity index (χ0n) is 64.6. The van der Waals surface area contributed by atoms with E-state index in [-0.39, 0.29) is 0 Å². The van der Waals surface area contributed by atoms with Gasteiger partial charge in [-0.25, -0.2) is 0 Å². The van der Waals surface area contributed by atoms with Crippen molar-refractivity contribution < 1.29 is 101 Å². The molecule has 20 atom stereocenters. The van der Waals surface area contributed by atoms with E-state index in [0.29, 0.717) is 31.9 Å². The quantitative estimate of drug-likeness (QED) is 0.0385. The average Bonchev–Trinajstić information content (AvgIpc) is 0.799. The SMILES string of the molecule is C[SiH](O[SiH](C)O[SiH](C)O[SiH](C)O[SiH](C)O[SiH](C)O[SiH](C)O[SiH](C)O[SiH](C)O[Si](C)(C)C)O[SiH](C)O[SiH](C)O[SiH](C)O[SiH](C)O[SiH](C)O[SiH](C)O[SiH](C)O[SiH](C)O[Si](C)(CCCOc1ccccc1)O[Si](C)(CCCOc1ccccc1)O[Si](C)(CCCOc1ccccc1)O[Si](C)(C)C. The maximum Gasteiger partial charge on any atom is 0.317 e. The monoisotopic (exact) mass is 1760 g/mol. The van der Waals surface area contributed by atoms with Gasteiger partial charge < -0.3 is 101 Å². The van der Waals surface area contributed by atoms with Gasteiger partial charge in [0.05, 0.1) is 19.8 Å². The fourth-order valence-electron chi connectivity index (χ4n) is 10.9. The summed E-state index contributed by atoms with van der Waals surface area (Å²) in [4.78, 5) is 0. The average molecular weight is 1770 g/mol. The summed E-state index contributed by atoms with van der Waals surface area (Å²) in [6.07, 6.45) is 2.23. The summed E-state index contributed by atoms with van der Waals surface area (Å²) >= 11 is 0. The molecule has 572 valence electrons. The van der Waals surface area contributed by atoms with Crippen LogP contribution in [0.2, 0.25) is 188 Å². The lowest BCUT2D eigenvalue weighted by Gasteiger charge is -2.44. The third-order valence-corrected chi connectivity index (χ3v) is 85.2. The van der Waals surface area contributed by atoms with Crippen LogP contribution in [-0.2, 0) is 86.4 Å². The number of benzene rings is 3. The zero-order valence-corrected chi connectivity index (χ0v) is 89.3. The minimum absolute atomic E-state index is 0.507. The van der Waals surface area contributed by atoms with Crippen LogP contribution in [0.15, 0.2) is 91.0 Å². The molecule has 20 unspecified atom stereocenters. The molecule has 0 radical (unpaired) electrons. The highest BCUT2D eigenvalue weighted by Crippen LogP contribution is 2.34. The van der Waals surface area contributed by atoms with Crippen LogP contribution in [0.3, 0.4) is 0 Å². The lowest BCUT2D eigenvalue weighted by atomic mass is 10.3. The van der Waals surface area contributed by atoms with E-state index in [2.05, 4.69) is 72.0 Å². The predicted octanol–water partition coefficient (Wildman–Crippen LogP) is 8.08. The second-order valence-corrected chi connectivity index (χ2v) is 84.6. The summed E-state index contributed by atoms with van der Waals surface area (Å²) in [5.74, 6) is 2.50. The number of rotatable bonds is 57. The van der Waals surface area contributed by atoms with Gasteiger partial charge in [0.1, 0.15) is 17.2 Å². The molecule has 0 amide bonds. The summed E-state index contributed by atoms with van der Waals surface area (Å²) < 4.78 is 156. The van der Waals surface area contributed by atoms with Crippen LogP contribution in [0.4, 0.5) is 0 Å². The highest BCUT2D eigenvalue weighted by Gasteiger charge is 2.50.